The first kappa shape index (κ1) is 28.0. The number of fused-ring (bicyclic) bond motifs is 1. The fourth-order valence-electron chi connectivity index (χ4n) is 3.75. The maximum atomic E-state index is 12.6. The second-order valence-electron chi connectivity index (χ2n) is 7.98. The molecular formula is C21H28Cl3NO8S. The molecule has 1 amide bonds. The molecule has 0 aliphatic carbocycles. The molecule has 0 bridgehead atoms. The Morgan fingerprint density at radius 2 is 1.71 bits per heavy atom. The molecule has 2 saturated heterocycles. The summed E-state index contributed by atoms with van der Waals surface area (Å²) in [6.07, 6.45) is -3.26. The lowest BCUT2D eigenvalue weighted by molar-refractivity contribution is -0.464. The van der Waals surface area contributed by atoms with Gasteiger partial charge in [-0.15, -0.1) is 0 Å². The summed E-state index contributed by atoms with van der Waals surface area (Å²) < 4.78 is 33.3. The number of aliphatic hydroxyl groups is 1. The van der Waals surface area contributed by atoms with Crippen LogP contribution in [0.2, 0.25) is 0 Å². The maximum absolute atomic E-state index is 12.6. The number of aliphatic hydroxyl groups excluding tert-OH is 1. The second kappa shape index (κ2) is 11.2. The molecule has 1 aromatic carbocycles. The van der Waals surface area contributed by atoms with Gasteiger partial charge in [0.15, 0.2) is 0 Å². The van der Waals surface area contributed by atoms with Gasteiger partial charge in [-0.3, -0.25) is 0 Å². The Hall–Kier alpha value is -0.530. The van der Waals surface area contributed by atoms with E-state index in [4.69, 9.17) is 63.2 Å². The highest BCUT2D eigenvalue weighted by Crippen LogP contribution is 2.45. The van der Waals surface area contributed by atoms with Crippen molar-refractivity contribution in [1.82, 2.24) is 5.32 Å². The number of carbonyl (C=O) groups excluding carboxylic acids is 1. The number of amides is 1. The van der Waals surface area contributed by atoms with E-state index in [-0.39, 0.29) is 6.61 Å². The van der Waals surface area contributed by atoms with Gasteiger partial charge in [-0.25, -0.2) is 4.79 Å². The van der Waals surface area contributed by atoms with Crippen LogP contribution >= 0.6 is 46.6 Å². The number of hydrogen-bond donors (Lipinski definition) is 2. The van der Waals surface area contributed by atoms with Crippen LogP contribution in [0.3, 0.4) is 0 Å². The molecule has 0 aromatic heterocycles. The Morgan fingerprint density at radius 1 is 1.12 bits per heavy atom. The summed E-state index contributed by atoms with van der Waals surface area (Å²) in [5.41, 5.74) is -0.697. The number of hydrogen-bond acceptors (Lipinski definition) is 9. The molecule has 0 spiro atoms. The number of rotatable bonds is 7. The van der Waals surface area contributed by atoms with Crippen LogP contribution in [-0.2, 0) is 28.4 Å². The van der Waals surface area contributed by atoms with E-state index < -0.39 is 57.9 Å². The summed E-state index contributed by atoms with van der Waals surface area (Å²) in [5.74, 6) is -2.69. The van der Waals surface area contributed by atoms with Crippen molar-refractivity contribution in [2.24, 2.45) is 0 Å². The predicted molar refractivity (Wildman–Crippen MR) is 127 cm³/mol. The molecule has 2 aliphatic heterocycles. The van der Waals surface area contributed by atoms with E-state index in [1.165, 1.54) is 26.0 Å². The zero-order valence-electron chi connectivity index (χ0n) is 19.0. The van der Waals surface area contributed by atoms with Gasteiger partial charge in [0, 0.05) is 19.1 Å². The molecule has 34 heavy (non-hydrogen) atoms. The van der Waals surface area contributed by atoms with Gasteiger partial charge in [-0.05, 0) is 26.0 Å². The third kappa shape index (κ3) is 6.23. The molecule has 13 heteroatoms. The molecular weight excluding hydrogens is 533 g/mol. The third-order valence-corrected chi connectivity index (χ3v) is 7.31. The topological polar surface area (TPSA) is 105 Å². The smallest absolute Gasteiger partial charge is 0.407 e. The number of carbonyl (C=O) groups is 1. The first-order valence-electron chi connectivity index (χ1n) is 10.4. The molecule has 1 aromatic rings. The summed E-state index contributed by atoms with van der Waals surface area (Å²) in [7, 11) is 2.91. The highest BCUT2D eigenvalue weighted by molar-refractivity contribution is 7.99. The van der Waals surface area contributed by atoms with E-state index in [2.05, 4.69) is 5.32 Å². The predicted octanol–water partition coefficient (Wildman–Crippen LogP) is 3.47. The van der Waals surface area contributed by atoms with Crippen LogP contribution in [0, 0.1) is 0 Å². The van der Waals surface area contributed by atoms with Crippen LogP contribution in [0.4, 0.5) is 4.79 Å². The van der Waals surface area contributed by atoms with Crippen molar-refractivity contribution in [2.45, 2.75) is 63.9 Å². The molecule has 3 rings (SSSR count). The summed E-state index contributed by atoms with van der Waals surface area (Å²) in [4.78, 5) is 13.5. The van der Waals surface area contributed by atoms with E-state index >= 15 is 0 Å². The van der Waals surface area contributed by atoms with Gasteiger partial charge in [0.05, 0.1) is 12.6 Å². The zero-order chi connectivity index (χ0) is 25.1. The quantitative estimate of drug-likeness (QED) is 0.485. The van der Waals surface area contributed by atoms with E-state index in [9.17, 15) is 9.90 Å². The van der Waals surface area contributed by atoms with Crippen LogP contribution in [0.25, 0.3) is 0 Å². The van der Waals surface area contributed by atoms with Crippen LogP contribution in [0.15, 0.2) is 35.2 Å². The van der Waals surface area contributed by atoms with Gasteiger partial charge in [0.25, 0.3) is 0 Å². The van der Waals surface area contributed by atoms with Crippen LogP contribution < -0.4 is 5.32 Å². The fraction of sp³-hybridized carbons (Fsp3) is 0.667. The Labute approximate surface area is 217 Å². The van der Waals surface area contributed by atoms with Crippen molar-refractivity contribution in [3.05, 3.63) is 30.3 Å². The average Bonchev–Trinajstić information content (AvgIpc) is 2.80. The number of alkyl halides is 3. The molecule has 0 radical (unpaired) electrons. The molecule has 2 aliphatic rings. The maximum Gasteiger partial charge on any atom is 0.407 e. The standard InChI is InChI=1S/C21H28Cl3NO8S/c1-19(28-3)20(2,29-4)33-16-14(25-18(27)30-11-21(22,23)24)17(31-13(10-26)15(16)32-19)34-12-8-6-5-7-9-12/h5-9,13-17,26H,10-11H2,1-4H3,(H,25,27)/t13-,14-,15-,16-,17+,19+,20+/m1/s1. The Kier molecular flexibility index (Phi) is 9.28. The van der Waals surface area contributed by atoms with Gasteiger partial charge >= 0.3 is 6.09 Å². The van der Waals surface area contributed by atoms with Crippen molar-refractivity contribution >= 4 is 52.7 Å². The summed E-state index contributed by atoms with van der Waals surface area (Å²) in [6, 6.07) is 8.62. The van der Waals surface area contributed by atoms with E-state index in [0.29, 0.717) is 0 Å². The van der Waals surface area contributed by atoms with Crippen molar-refractivity contribution in [3.63, 3.8) is 0 Å². The monoisotopic (exact) mass is 559 g/mol. The first-order chi connectivity index (χ1) is 15.9. The van der Waals surface area contributed by atoms with Gasteiger partial charge in [-0.1, -0.05) is 64.8 Å². The minimum Gasteiger partial charge on any atom is -0.445 e. The van der Waals surface area contributed by atoms with Gasteiger partial charge in [0.1, 0.15) is 30.4 Å². The Bertz CT molecular complexity index is 834. The van der Waals surface area contributed by atoms with E-state index in [0.717, 1.165) is 4.90 Å². The SMILES string of the molecule is CO[C@@]1(C)O[C@@H]2[C@@H](NC(=O)OCC(Cl)(Cl)Cl)[C@H](Sc3ccccc3)O[C@H](CO)[C@H]2O[C@]1(C)OC. The van der Waals surface area contributed by atoms with Crippen LogP contribution in [0.1, 0.15) is 13.8 Å². The van der Waals surface area contributed by atoms with Crippen molar-refractivity contribution < 1.29 is 38.3 Å². The van der Waals surface area contributed by atoms with Crippen molar-refractivity contribution in [3.8, 4) is 0 Å². The lowest BCUT2D eigenvalue weighted by Gasteiger charge is -2.57. The Morgan fingerprint density at radius 3 is 2.24 bits per heavy atom. The average molecular weight is 561 g/mol. The molecule has 7 atom stereocenters. The van der Waals surface area contributed by atoms with E-state index in [1.54, 1.807) is 13.8 Å². The number of thioether (sulfide) groups is 1. The number of alkyl carbamates (subject to hydrolysis) is 1. The number of ether oxygens (including phenoxy) is 6. The minimum absolute atomic E-state index is 0.357. The lowest BCUT2D eigenvalue weighted by Crippen LogP contribution is -2.74. The lowest BCUT2D eigenvalue weighted by atomic mass is 9.93. The van der Waals surface area contributed by atoms with Gasteiger partial charge in [0.2, 0.25) is 15.4 Å². The molecule has 2 N–H and O–H groups in total. The highest BCUT2D eigenvalue weighted by atomic mass is 35.6. The molecule has 0 saturated carbocycles. The second-order valence-corrected chi connectivity index (χ2v) is 11.7. The number of benzene rings is 1. The van der Waals surface area contributed by atoms with Crippen LogP contribution in [-0.4, -0.2) is 83.8 Å². The fourth-order valence-corrected chi connectivity index (χ4v) is 5.06. The molecule has 2 heterocycles. The van der Waals surface area contributed by atoms with Gasteiger partial charge < -0.3 is 38.8 Å². The zero-order valence-corrected chi connectivity index (χ0v) is 22.1. The number of nitrogens with one attached hydrogen (secondary N) is 1. The van der Waals surface area contributed by atoms with Gasteiger partial charge in [-0.2, -0.15) is 0 Å². The summed E-state index contributed by atoms with van der Waals surface area (Å²) >= 11 is 18.4. The third-order valence-electron chi connectivity index (χ3n) is 5.80. The first-order valence-corrected chi connectivity index (χ1v) is 12.4. The highest BCUT2D eigenvalue weighted by Gasteiger charge is 2.62. The minimum atomic E-state index is -1.78. The largest absolute Gasteiger partial charge is 0.445 e. The summed E-state index contributed by atoms with van der Waals surface area (Å²) in [6.45, 7) is 2.50. The van der Waals surface area contributed by atoms with Crippen molar-refractivity contribution in [1.29, 1.82) is 0 Å². The Balaban J connectivity index is 1.93. The van der Waals surface area contributed by atoms with E-state index in [1.807, 2.05) is 30.3 Å². The molecule has 192 valence electrons. The molecule has 9 nitrogen and oxygen atoms in total. The molecule has 2 fully saturated rings. The number of methoxy groups -OCH3 is 2. The summed E-state index contributed by atoms with van der Waals surface area (Å²) in [5, 5.41) is 12.8. The molecule has 0 unspecified atom stereocenters. The van der Waals surface area contributed by atoms with Crippen LogP contribution in [0.5, 0.6) is 0 Å². The normalized spacial score (nSPS) is 35.9. The number of halogens is 3. The van der Waals surface area contributed by atoms with Crippen molar-refractivity contribution in [2.75, 3.05) is 27.4 Å².